The predicted octanol–water partition coefficient (Wildman–Crippen LogP) is 2.89. The number of ether oxygens (including phenoxy) is 1. The number of hydrogen-bond donors (Lipinski definition) is 1. The maximum Gasteiger partial charge on any atom is 0.154 e. The third kappa shape index (κ3) is 2.52. The minimum Gasteiger partial charge on any atom is -0.372 e. The van der Waals surface area contributed by atoms with Crippen LogP contribution in [0.25, 0.3) is 27.8 Å². The molecular formula is C19H20N6O. The number of nitrogens with zero attached hydrogens (tertiary/aromatic N) is 5. The van der Waals surface area contributed by atoms with E-state index < -0.39 is 0 Å². The van der Waals surface area contributed by atoms with E-state index in [4.69, 9.17) is 9.84 Å². The molecule has 1 fully saturated rings. The number of aromatic nitrogens is 5. The Balaban J connectivity index is 1.58. The highest BCUT2D eigenvalue weighted by molar-refractivity contribution is 5.83. The monoisotopic (exact) mass is 348 g/mol. The third-order valence-electron chi connectivity index (χ3n) is 4.83. The zero-order chi connectivity index (χ0) is 17.7. The zero-order valence-corrected chi connectivity index (χ0v) is 14.8. The van der Waals surface area contributed by atoms with Crippen molar-refractivity contribution in [1.29, 1.82) is 0 Å². The van der Waals surface area contributed by atoms with E-state index in [1.165, 1.54) is 0 Å². The van der Waals surface area contributed by atoms with Crippen LogP contribution in [0, 0.1) is 0 Å². The number of anilines is 1. The van der Waals surface area contributed by atoms with Gasteiger partial charge in [-0.3, -0.25) is 5.10 Å². The second-order valence-electron chi connectivity index (χ2n) is 6.94. The minimum atomic E-state index is 0.196. The molecule has 4 aromatic rings. The Morgan fingerprint density at radius 3 is 2.77 bits per heavy atom. The Morgan fingerprint density at radius 1 is 1.08 bits per heavy atom. The average Bonchev–Trinajstić information content (AvgIpc) is 3.26. The molecule has 2 atom stereocenters. The molecule has 0 saturated carbocycles. The van der Waals surface area contributed by atoms with Crippen LogP contribution < -0.4 is 4.90 Å². The highest BCUT2D eigenvalue weighted by atomic mass is 16.5. The van der Waals surface area contributed by atoms with Crippen LogP contribution in [-0.4, -0.2) is 50.1 Å². The van der Waals surface area contributed by atoms with Crippen LogP contribution in [0.3, 0.4) is 0 Å². The Hall–Kier alpha value is -2.93. The van der Waals surface area contributed by atoms with Gasteiger partial charge >= 0.3 is 0 Å². The Morgan fingerprint density at radius 2 is 1.92 bits per heavy atom. The van der Waals surface area contributed by atoms with Gasteiger partial charge in [0.2, 0.25) is 0 Å². The van der Waals surface area contributed by atoms with Gasteiger partial charge in [0, 0.05) is 24.0 Å². The number of nitrogens with one attached hydrogen (secondary N) is 1. The summed E-state index contributed by atoms with van der Waals surface area (Å²) in [5, 5.41) is 13.0. The first-order valence-corrected chi connectivity index (χ1v) is 8.86. The molecule has 1 saturated heterocycles. The molecule has 7 nitrogen and oxygen atoms in total. The number of morpholine rings is 1. The molecule has 0 bridgehead atoms. The standard InChI is InChI=1S/C19H20N6O/c1-12-10-24(11-13(2)26-12)19-6-5-18-20-9-17(25(18)23-19)14-3-4-16-15(7-14)8-21-22-16/h3-9,12-13H,10-11H2,1-2H3,(H,21,22)/t12-,13+. The SMILES string of the molecule is C[C@@H]1CN(c2ccc3ncc(-c4ccc5[nH]ncc5c4)n3n2)C[C@H](C)O1. The lowest BCUT2D eigenvalue weighted by atomic mass is 10.1. The highest BCUT2D eigenvalue weighted by Crippen LogP contribution is 2.25. The highest BCUT2D eigenvalue weighted by Gasteiger charge is 2.23. The number of hydrogen-bond acceptors (Lipinski definition) is 5. The van der Waals surface area contributed by atoms with E-state index in [9.17, 15) is 0 Å². The lowest BCUT2D eigenvalue weighted by molar-refractivity contribution is -0.00551. The van der Waals surface area contributed by atoms with Gasteiger partial charge in [0.25, 0.3) is 0 Å². The summed E-state index contributed by atoms with van der Waals surface area (Å²) in [6.07, 6.45) is 4.10. The van der Waals surface area contributed by atoms with Gasteiger partial charge < -0.3 is 9.64 Å². The van der Waals surface area contributed by atoms with Crippen LogP contribution >= 0.6 is 0 Å². The lowest BCUT2D eigenvalue weighted by Crippen LogP contribution is -2.46. The Kier molecular flexibility index (Phi) is 3.43. The summed E-state index contributed by atoms with van der Waals surface area (Å²) in [7, 11) is 0. The topological polar surface area (TPSA) is 71.3 Å². The average molecular weight is 348 g/mol. The van der Waals surface area contributed by atoms with Gasteiger partial charge in [-0.2, -0.15) is 5.10 Å². The largest absolute Gasteiger partial charge is 0.372 e. The quantitative estimate of drug-likeness (QED) is 0.603. The van der Waals surface area contributed by atoms with Gasteiger partial charge in [-0.15, -0.1) is 5.10 Å². The Bertz CT molecular complexity index is 1070. The molecule has 1 aliphatic heterocycles. The molecule has 0 unspecified atom stereocenters. The van der Waals surface area contributed by atoms with E-state index in [2.05, 4.69) is 46.1 Å². The van der Waals surface area contributed by atoms with Crippen molar-refractivity contribution in [2.75, 3.05) is 18.0 Å². The van der Waals surface area contributed by atoms with Crippen molar-refractivity contribution in [2.45, 2.75) is 26.1 Å². The van der Waals surface area contributed by atoms with E-state index in [-0.39, 0.29) is 12.2 Å². The molecule has 0 spiro atoms. The van der Waals surface area contributed by atoms with Crippen molar-refractivity contribution < 1.29 is 4.74 Å². The van der Waals surface area contributed by atoms with E-state index >= 15 is 0 Å². The molecule has 132 valence electrons. The summed E-state index contributed by atoms with van der Waals surface area (Å²) in [5.41, 5.74) is 3.90. The van der Waals surface area contributed by atoms with Crippen molar-refractivity contribution in [3.63, 3.8) is 0 Å². The van der Waals surface area contributed by atoms with Crippen LogP contribution in [0.15, 0.2) is 42.7 Å². The van der Waals surface area contributed by atoms with Gasteiger partial charge in [0.05, 0.1) is 35.8 Å². The molecule has 0 amide bonds. The van der Waals surface area contributed by atoms with Crippen molar-refractivity contribution in [3.05, 3.63) is 42.7 Å². The van der Waals surface area contributed by atoms with Gasteiger partial charge in [-0.05, 0) is 38.1 Å². The summed E-state index contributed by atoms with van der Waals surface area (Å²) >= 11 is 0. The van der Waals surface area contributed by atoms with Gasteiger partial charge in [-0.25, -0.2) is 9.50 Å². The fraction of sp³-hybridized carbons (Fsp3) is 0.316. The van der Waals surface area contributed by atoms with Gasteiger partial charge in [-0.1, -0.05) is 6.07 Å². The van der Waals surface area contributed by atoms with Crippen LogP contribution in [0.2, 0.25) is 0 Å². The first-order valence-electron chi connectivity index (χ1n) is 8.86. The maximum atomic E-state index is 5.84. The Labute approximate surface area is 150 Å². The van der Waals surface area contributed by atoms with Crippen LogP contribution in [-0.2, 0) is 4.74 Å². The first-order chi connectivity index (χ1) is 12.7. The summed E-state index contributed by atoms with van der Waals surface area (Å²) in [6.45, 7) is 5.88. The molecule has 1 aromatic carbocycles. The fourth-order valence-electron chi connectivity index (χ4n) is 3.70. The second kappa shape index (κ2) is 5.81. The summed E-state index contributed by atoms with van der Waals surface area (Å²) in [4.78, 5) is 6.79. The minimum absolute atomic E-state index is 0.196. The van der Waals surface area contributed by atoms with E-state index in [0.717, 1.165) is 46.7 Å². The van der Waals surface area contributed by atoms with E-state index in [1.54, 1.807) is 0 Å². The molecule has 26 heavy (non-hydrogen) atoms. The molecule has 0 radical (unpaired) electrons. The van der Waals surface area contributed by atoms with Crippen molar-refractivity contribution in [1.82, 2.24) is 24.8 Å². The predicted molar refractivity (Wildman–Crippen MR) is 100 cm³/mol. The molecule has 1 aliphatic rings. The molecule has 3 aromatic heterocycles. The summed E-state index contributed by atoms with van der Waals surface area (Å²) < 4.78 is 7.76. The molecule has 5 rings (SSSR count). The third-order valence-corrected chi connectivity index (χ3v) is 4.83. The number of rotatable bonds is 2. The number of H-pyrrole nitrogens is 1. The second-order valence-corrected chi connectivity index (χ2v) is 6.94. The zero-order valence-electron chi connectivity index (χ0n) is 14.8. The van der Waals surface area contributed by atoms with Crippen molar-refractivity contribution >= 4 is 22.4 Å². The normalized spacial score (nSPS) is 20.9. The maximum absolute atomic E-state index is 5.84. The van der Waals surface area contributed by atoms with Crippen molar-refractivity contribution in [3.8, 4) is 11.3 Å². The van der Waals surface area contributed by atoms with E-state index in [0.29, 0.717) is 0 Å². The molecule has 4 heterocycles. The van der Waals surface area contributed by atoms with Gasteiger partial charge in [0.1, 0.15) is 5.82 Å². The summed E-state index contributed by atoms with van der Waals surface area (Å²) in [5.74, 6) is 0.947. The lowest BCUT2D eigenvalue weighted by Gasteiger charge is -2.35. The number of fused-ring (bicyclic) bond motifs is 2. The van der Waals surface area contributed by atoms with Crippen LogP contribution in [0.4, 0.5) is 5.82 Å². The van der Waals surface area contributed by atoms with Crippen molar-refractivity contribution in [2.24, 2.45) is 0 Å². The first kappa shape index (κ1) is 15.3. The van der Waals surface area contributed by atoms with E-state index in [1.807, 2.05) is 35.1 Å². The van der Waals surface area contributed by atoms with Gasteiger partial charge in [0.15, 0.2) is 5.65 Å². The van der Waals surface area contributed by atoms with Crippen LogP contribution in [0.5, 0.6) is 0 Å². The smallest absolute Gasteiger partial charge is 0.154 e. The molecule has 1 N–H and O–H groups in total. The summed E-state index contributed by atoms with van der Waals surface area (Å²) in [6, 6.07) is 10.3. The number of aromatic amines is 1. The van der Waals surface area contributed by atoms with Crippen LogP contribution in [0.1, 0.15) is 13.8 Å². The fourth-order valence-corrected chi connectivity index (χ4v) is 3.70. The molecular weight excluding hydrogens is 328 g/mol. The number of benzene rings is 1. The molecule has 7 heteroatoms. The molecule has 0 aliphatic carbocycles. The number of imidazole rings is 1.